The quantitative estimate of drug-likeness (QED) is 0.875. The molecule has 2 atom stereocenters. The van der Waals surface area contributed by atoms with Crippen LogP contribution in [0.15, 0.2) is 48.8 Å². The number of nitrogens with zero attached hydrogens (tertiary/aromatic N) is 3. The van der Waals surface area contributed by atoms with Crippen LogP contribution in [0, 0.1) is 5.92 Å². The van der Waals surface area contributed by atoms with Crippen molar-refractivity contribution in [3.8, 4) is 0 Å². The SMILES string of the molecule is C[C@H](CNC(=O)N1CCO[C@H](Cc2ccccc2)C1)Cn1cccn1. The van der Waals surface area contributed by atoms with E-state index >= 15 is 0 Å². The van der Waals surface area contributed by atoms with Crippen molar-refractivity contribution in [2.24, 2.45) is 5.92 Å². The minimum Gasteiger partial charge on any atom is -0.374 e. The first-order valence-electron chi connectivity index (χ1n) is 8.86. The van der Waals surface area contributed by atoms with Gasteiger partial charge in [-0.05, 0) is 17.5 Å². The summed E-state index contributed by atoms with van der Waals surface area (Å²) in [7, 11) is 0. The van der Waals surface area contributed by atoms with Crippen molar-refractivity contribution in [1.82, 2.24) is 20.0 Å². The molecule has 2 heterocycles. The molecule has 1 fully saturated rings. The van der Waals surface area contributed by atoms with E-state index in [9.17, 15) is 4.79 Å². The second-order valence-corrected chi connectivity index (χ2v) is 6.65. The Hall–Kier alpha value is -2.34. The van der Waals surface area contributed by atoms with Gasteiger partial charge in [-0.2, -0.15) is 5.10 Å². The number of rotatable bonds is 6. The number of morpholine rings is 1. The van der Waals surface area contributed by atoms with E-state index in [2.05, 4.69) is 29.5 Å². The van der Waals surface area contributed by atoms with Crippen molar-refractivity contribution in [2.45, 2.75) is 26.0 Å². The zero-order valence-electron chi connectivity index (χ0n) is 14.7. The van der Waals surface area contributed by atoms with Gasteiger partial charge in [0.05, 0.1) is 12.7 Å². The number of hydrogen-bond acceptors (Lipinski definition) is 3. The number of amides is 2. The lowest BCUT2D eigenvalue weighted by Crippen LogP contribution is -2.50. The fourth-order valence-corrected chi connectivity index (χ4v) is 3.07. The predicted molar refractivity (Wildman–Crippen MR) is 96.2 cm³/mol. The summed E-state index contributed by atoms with van der Waals surface area (Å²) in [4.78, 5) is 14.3. The van der Waals surface area contributed by atoms with Crippen molar-refractivity contribution in [3.63, 3.8) is 0 Å². The molecule has 0 aliphatic carbocycles. The molecule has 1 aliphatic rings. The van der Waals surface area contributed by atoms with E-state index in [1.165, 1.54) is 5.56 Å². The molecule has 2 amide bonds. The molecule has 6 heteroatoms. The maximum absolute atomic E-state index is 12.4. The lowest BCUT2D eigenvalue weighted by molar-refractivity contribution is -0.0133. The Morgan fingerprint density at radius 1 is 1.36 bits per heavy atom. The van der Waals surface area contributed by atoms with Crippen LogP contribution >= 0.6 is 0 Å². The molecule has 134 valence electrons. The Bertz CT molecular complexity index is 645. The van der Waals surface area contributed by atoms with Crippen LogP contribution in [0.5, 0.6) is 0 Å². The maximum Gasteiger partial charge on any atom is 0.317 e. The molecule has 0 bridgehead atoms. The van der Waals surface area contributed by atoms with Crippen LogP contribution in [0.25, 0.3) is 0 Å². The van der Waals surface area contributed by atoms with Gasteiger partial charge < -0.3 is 15.0 Å². The second-order valence-electron chi connectivity index (χ2n) is 6.65. The topological polar surface area (TPSA) is 59.4 Å². The molecule has 1 aromatic carbocycles. The van der Waals surface area contributed by atoms with Gasteiger partial charge in [0.15, 0.2) is 0 Å². The van der Waals surface area contributed by atoms with Crippen LogP contribution < -0.4 is 5.32 Å². The largest absolute Gasteiger partial charge is 0.374 e. The molecule has 0 unspecified atom stereocenters. The summed E-state index contributed by atoms with van der Waals surface area (Å²) in [5.74, 6) is 0.324. The highest BCUT2D eigenvalue weighted by Crippen LogP contribution is 2.12. The zero-order chi connectivity index (χ0) is 17.5. The molecule has 6 nitrogen and oxygen atoms in total. The van der Waals surface area contributed by atoms with E-state index in [0.29, 0.717) is 32.2 Å². The van der Waals surface area contributed by atoms with Gasteiger partial charge in [0, 0.05) is 45.0 Å². The first-order valence-corrected chi connectivity index (χ1v) is 8.86. The van der Waals surface area contributed by atoms with Gasteiger partial charge in [-0.25, -0.2) is 4.79 Å². The molecular formula is C19H26N4O2. The lowest BCUT2D eigenvalue weighted by atomic mass is 10.1. The Balaban J connectivity index is 1.43. The molecule has 0 radical (unpaired) electrons. The van der Waals surface area contributed by atoms with Gasteiger partial charge in [-0.3, -0.25) is 4.68 Å². The number of ether oxygens (including phenoxy) is 1. The minimum absolute atomic E-state index is 0.00585. The van der Waals surface area contributed by atoms with Crippen molar-refractivity contribution >= 4 is 6.03 Å². The highest BCUT2D eigenvalue weighted by atomic mass is 16.5. The summed E-state index contributed by atoms with van der Waals surface area (Å²) in [5.41, 5.74) is 1.24. The van der Waals surface area contributed by atoms with Crippen LogP contribution in [-0.4, -0.2) is 53.1 Å². The molecule has 0 spiro atoms. The summed E-state index contributed by atoms with van der Waals surface area (Å²) in [6, 6.07) is 12.2. The number of hydrogen-bond donors (Lipinski definition) is 1. The third-order valence-electron chi connectivity index (χ3n) is 4.39. The summed E-state index contributed by atoms with van der Waals surface area (Å²) >= 11 is 0. The molecular weight excluding hydrogens is 316 g/mol. The fraction of sp³-hybridized carbons (Fsp3) is 0.474. The maximum atomic E-state index is 12.4. The first-order chi connectivity index (χ1) is 12.2. The molecule has 3 rings (SSSR count). The van der Waals surface area contributed by atoms with Gasteiger partial charge in [0.1, 0.15) is 0 Å². The lowest BCUT2D eigenvalue weighted by Gasteiger charge is -2.33. The number of benzene rings is 1. The predicted octanol–water partition coefficient (Wildman–Crippen LogP) is 2.17. The van der Waals surface area contributed by atoms with Crippen LogP contribution in [0.4, 0.5) is 4.79 Å². The number of carbonyl (C=O) groups is 1. The molecule has 1 N–H and O–H groups in total. The van der Waals surface area contributed by atoms with Crippen LogP contribution in [0.1, 0.15) is 12.5 Å². The highest BCUT2D eigenvalue weighted by Gasteiger charge is 2.24. The summed E-state index contributed by atoms with van der Waals surface area (Å²) in [6.45, 7) is 5.42. The van der Waals surface area contributed by atoms with Crippen molar-refractivity contribution < 1.29 is 9.53 Å². The normalized spacial score (nSPS) is 18.8. The van der Waals surface area contributed by atoms with Crippen LogP contribution in [-0.2, 0) is 17.7 Å². The van der Waals surface area contributed by atoms with Crippen molar-refractivity contribution in [2.75, 3.05) is 26.2 Å². The molecule has 2 aromatic rings. The van der Waals surface area contributed by atoms with E-state index in [4.69, 9.17) is 4.74 Å². The zero-order valence-corrected chi connectivity index (χ0v) is 14.7. The molecule has 25 heavy (non-hydrogen) atoms. The van der Waals surface area contributed by atoms with Gasteiger partial charge in [0.2, 0.25) is 0 Å². The van der Waals surface area contributed by atoms with Gasteiger partial charge in [-0.1, -0.05) is 37.3 Å². The van der Waals surface area contributed by atoms with Crippen molar-refractivity contribution in [3.05, 3.63) is 54.4 Å². The van der Waals surface area contributed by atoms with E-state index in [1.807, 2.05) is 40.0 Å². The highest BCUT2D eigenvalue weighted by molar-refractivity contribution is 5.74. The first kappa shape index (κ1) is 17.5. The standard InChI is InChI=1S/C19H26N4O2/c1-16(14-23-9-5-8-21-23)13-20-19(24)22-10-11-25-18(15-22)12-17-6-3-2-4-7-17/h2-9,16,18H,10-15H2,1H3,(H,20,24)/t16-,18-/m1/s1. The number of nitrogens with one attached hydrogen (secondary N) is 1. The van der Waals surface area contributed by atoms with Crippen molar-refractivity contribution in [1.29, 1.82) is 0 Å². The summed E-state index contributed by atoms with van der Waals surface area (Å²) in [5, 5.41) is 7.24. The smallest absolute Gasteiger partial charge is 0.317 e. The van der Waals surface area contributed by atoms with Gasteiger partial charge in [0.25, 0.3) is 0 Å². The van der Waals surface area contributed by atoms with Crippen LogP contribution in [0.2, 0.25) is 0 Å². The Morgan fingerprint density at radius 3 is 2.96 bits per heavy atom. The van der Waals surface area contributed by atoms with Gasteiger partial charge in [-0.15, -0.1) is 0 Å². The molecule has 1 aromatic heterocycles. The third-order valence-corrected chi connectivity index (χ3v) is 4.39. The summed E-state index contributed by atoms with van der Waals surface area (Å²) in [6.07, 6.45) is 4.60. The number of aromatic nitrogens is 2. The molecule has 1 aliphatic heterocycles. The average molecular weight is 342 g/mol. The van der Waals surface area contributed by atoms with Gasteiger partial charge >= 0.3 is 6.03 Å². The Kier molecular flexibility index (Phi) is 6.06. The minimum atomic E-state index is -0.00585. The number of urea groups is 1. The molecule has 1 saturated heterocycles. The van der Waals surface area contributed by atoms with E-state index in [1.54, 1.807) is 6.20 Å². The fourth-order valence-electron chi connectivity index (χ4n) is 3.07. The Labute approximate surface area is 148 Å². The van der Waals surface area contributed by atoms with E-state index in [-0.39, 0.29) is 12.1 Å². The monoisotopic (exact) mass is 342 g/mol. The molecule has 0 saturated carbocycles. The second kappa shape index (κ2) is 8.67. The summed E-state index contributed by atoms with van der Waals surface area (Å²) < 4.78 is 7.72. The van der Waals surface area contributed by atoms with E-state index < -0.39 is 0 Å². The van der Waals surface area contributed by atoms with E-state index in [0.717, 1.165) is 13.0 Å². The van der Waals surface area contributed by atoms with Crippen LogP contribution in [0.3, 0.4) is 0 Å². The number of carbonyl (C=O) groups excluding carboxylic acids is 1. The third kappa shape index (κ3) is 5.32. The average Bonchev–Trinajstić information content (AvgIpc) is 3.14. The Morgan fingerprint density at radius 2 is 2.20 bits per heavy atom.